The Hall–Kier alpha value is -1.64. The summed E-state index contributed by atoms with van der Waals surface area (Å²) in [6.45, 7) is 1.47. The zero-order valence-electron chi connectivity index (χ0n) is 11.3. The maximum atomic E-state index is 10.8. The quantitative estimate of drug-likeness (QED) is 0.737. The molecule has 3 heterocycles. The lowest BCUT2D eigenvalue weighted by molar-refractivity contribution is 0.257. The molecule has 2 aromatic heterocycles. The van der Waals surface area contributed by atoms with Crippen LogP contribution in [0.4, 0.5) is 5.69 Å². The van der Waals surface area contributed by atoms with Crippen molar-refractivity contribution in [2.45, 2.75) is 24.9 Å². The van der Waals surface area contributed by atoms with E-state index >= 15 is 0 Å². The summed E-state index contributed by atoms with van der Waals surface area (Å²) in [5.74, 6) is 0.815. The van der Waals surface area contributed by atoms with E-state index in [9.17, 15) is 4.21 Å². The summed E-state index contributed by atoms with van der Waals surface area (Å²) < 4.78 is 28.0. The van der Waals surface area contributed by atoms with Gasteiger partial charge in [0.15, 0.2) is 5.75 Å². The molecule has 1 aliphatic heterocycles. The summed E-state index contributed by atoms with van der Waals surface area (Å²) in [6.07, 6.45) is 5.36. The molecule has 3 N–H and O–H groups in total. The second kappa shape index (κ2) is 4.97. The Balaban J connectivity index is 1.62. The summed E-state index contributed by atoms with van der Waals surface area (Å²) in [6, 6.07) is 2.49. The van der Waals surface area contributed by atoms with E-state index in [1.54, 1.807) is 6.20 Å². The first-order chi connectivity index (χ1) is 10.2. The first-order valence-corrected chi connectivity index (χ1v) is 8.05. The maximum absolute atomic E-state index is 10.8. The highest BCUT2D eigenvalue weighted by atomic mass is 32.2. The molecule has 1 aliphatic carbocycles. The molecule has 1 saturated carbocycles. The van der Waals surface area contributed by atoms with Crippen molar-refractivity contribution in [3.63, 3.8) is 0 Å². The van der Waals surface area contributed by atoms with Gasteiger partial charge in [-0.05, 0) is 18.9 Å². The van der Waals surface area contributed by atoms with Crippen LogP contribution in [-0.4, -0.2) is 44.0 Å². The van der Waals surface area contributed by atoms with Crippen LogP contribution in [0.2, 0.25) is 0 Å². The zero-order chi connectivity index (χ0) is 14.4. The van der Waals surface area contributed by atoms with Crippen LogP contribution in [0.3, 0.4) is 0 Å². The fourth-order valence-corrected chi connectivity index (χ4v) is 3.67. The van der Waals surface area contributed by atoms with Crippen molar-refractivity contribution < 1.29 is 13.5 Å². The van der Waals surface area contributed by atoms with Crippen molar-refractivity contribution in [2.75, 3.05) is 18.1 Å². The van der Waals surface area contributed by atoms with Gasteiger partial charge in [0, 0.05) is 23.7 Å². The van der Waals surface area contributed by atoms with E-state index in [1.165, 1.54) is 0 Å². The van der Waals surface area contributed by atoms with Gasteiger partial charge in [0.1, 0.15) is 12.3 Å². The molecule has 0 saturated heterocycles. The molecule has 0 radical (unpaired) electrons. The Bertz CT molecular complexity index is 698. The Kier molecular flexibility index (Phi) is 3.09. The normalized spacial score (nSPS) is 26.0. The van der Waals surface area contributed by atoms with Crippen LogP contribution in [0, 0.1) is 0 Å². The molecule has 1 unspecified atom stereocenters. The van der Waals surface area contributed by atoms with Crippen LogP contribution in [0.5, 0.6) is 5.75 Å². The Morgan fingerprint density at radius 3 is 3.19 bits per heavy atom. The number of anilines is 1. The molecule has 7 nitrogen and oxygen atoms in total. The predicted molar refractivity (Wildman–Crippen MR) is 79.7 cm³/mol. The summed E-state index contributed by atoms with van der Waals surface area (Å²) in [7, 11) is 0. The van der Waals surface area contributed by atoms with Gasteiger partial charge >= 0.3 is 0 Å². The first-order valence-electron chi connectivity index (χ1n) is 6.95. The molecular formula is C13H16N4O3S. The van der Waals surface area contributed by atoms with Crippen molar-refractivity contribution in [3.8, 4) is 5.75 Å². The van der Waals surface area contributed by atoms with Gasteiger partial charge in [-0.1, -0.05) is 0 Å². The number of nitrogens with one attached hydrogen (secondary N) is 2. The minimum atomic E-state index is -1.93. The largest absolute Gasteiger partial charge is 0.488 e. The van der Waals surface area contributed by atoms with E-state index in [0.717, 1.165) is 41.9 Å². The SMILES string of the molecule is O=S(O)NC1CC(N2CCOc3cnc4[nH]ccc4c32)C1. The molecule has 21 heavy (non-hydrogen) atoms. The Labute approximate surface area is 124 Å². The van der Waals surface area contributed by atoms with Crippen molar-refractivity contribution in [3.05, 3.63) is 18.5 Å². The second-order valence-electron chi connectivity index (χ2n) is 5.44. The molecule has 112 valence electrons. The zero-order valence-corrected chi connectivity index (χ0v) is 12.1. The van der Waals surface area contributed by atoms with E-state index in [0.29, 0.717) is 12.6 Å². The van der Waals surface area contributed by atoms with Crippen LogP contribution in [-0.2, 0) is 11.3 Å². The van der Waals surface area contributed by atoms with E-state index in [2.05, 4.69) is 19.6 Å². The fourth-order valence-electron chi connectivity index (χ4n) is 3.19. The van der Waals surface area contributed by atoms with Crippen molar-refractivity contribution in [1.82, 2.24) is 14.7 Å². The van der Waals surface area contributed by atoms with Gasteiger partial charge in [0.05, 0.1) is 18.4 Å². The van der Waals surface area contributed by atoms with E-state index in [1.807, 2.05) is 12.3 Å². The third-order valence-corrected chi connectivity index (χ3v) is 4.76. The van der Waals surface area contributed by atoms with Crippen molar-refractivity contribution in [2.24, 2.45) is 0 Å². The summed E-state index contributed by atoms with van der Waals surface area (Å²) in [5.41, 5.74) is 1.94. The number of ether oxygens (including phenoxy) is 1. The summed E-state index contributed by atoms with van der Waals surface area (Å²) in [4.78, 5) is 9.82. The van der Waals surface area contributed by atoms with Crippen molar-refractivity contribution in [1.29, 1.82) is 0 Å². The number of nitrogens with zero attached hydrogens (tertiary/aromatic N) is 2. The fraction of sp³-hybridized carbons (Fsp3) is 0.462. The lowest BCUT2D eigenvalue weighted by Gasteiger charge is -2.45. The molecule has 2 aliphatic rings. The number of aromatic amines is 1. The molecular weight excluding hydrogens is 292 g/mol. The highest BCUT2D eigenvalue weighted by Gasteiger charge is 2.37. The number of rotatable bonds is 3. The number of hydrogen-bond acceptors (Lipinski definition) is 4. The van der Waals surface area contributed by atoms with Gasteiger partial charge in [-0.25, -0.2) is 13.9 Å². The minimum absolute atomic E-state index is 0.107. The molecule has 0 spiro atoms. The monoisotopic (exact) mass is 308 g/mol. The number of H-pyrrole nitrogens is 1. The Morgan fingerprint density at radius 2 is 2.38 bits per heavy atom. The molecule has 8 heteroatoms. The van der Waals surface area contributed by atoms with Gasteiger partial charge in [0.2, 0.25) is 11.3 Å². The number of pyridine rings is 1. The molecule has 0 bridgehead atoms. The van der Waals surface area contributed by atoms with E-state index in [4.69, 9.17) is 9.29 Å². The lowest BCUT2D eigenvalue weighted by Crippen LogP contribution is -2.54. The number of fused-ring (bicyclic) bond motifs is 3. The third kappa shape index (κ3) is 2.19. The molecule has 0 aromatic carbocycles. The number of hydrogen-bond donors (Lipinski definition) is 3. The molecule has 0 amide bonds. The Morgan fingerprint density at radius 1 is 1.52 bits per heavy atom. The second-order valence-corrected chi connectivity index (χ2v) is 6.18. The maximum Gasteiger partial charge on any atom is 0.231 e. The van der Waals surface area contributed by atoms with Crippen LogP contribution in [0.15, 0.2) is 18.5 Å². The lowest BCUT2D eigenvalue weighted by atomic mass is 9.85. The highest BCUT2D eigenvalue weighted by molar-refractivity contribution is 7.77. The van der Waals surface area contributed by atoms with E-state index < -0.39 is 11.3 Å². The smallest absolute Gasteiger partial charge is 0.231 e. The average molecular weight is 308 g/mol. The van der Waals surface area contributed by atoms with Gasteiger partial charge < -0.3 is 14.6 Å². The van der Waals surface area contributed by atoms with Gasteiger partial charge in [-0.2, -0.15) is 0 Å². The van der Waals surface area contributed by atoms with Gasteiger partial charge in [-0.15, -0.1) is 0 Å². The van der Waals surface area contributed by atoms with Crippen LogP contribution >= 0.6 is 0 Å². The first kappa shape index (κ1) is 13.1. The third-order valence-electron chi connectivity index (χ3n) is 4.22. The van der Waals surface area contributed by atoms with Crippen LogP contribution in [0.1, 0.15) is 12.8 Å². The van der Waals surface area contributed by atoms with Crippen LogP contribution in [0.25, 0.3) is 11.0 Å². The molecule has 1 fully saturated rings. The minimum Gasteiger partial charge on any atom is -0.488 e. The van der Waals surface area contributed by atoms with E-state index in [-0.39, 0.29) is 6.04 Å². The van der Waals surface area contributed by atoms with Crippen LogP contribution < -0.4 is 14.4 Å². The summed E-state index contributed by atoms with van der Waals surface area (Å²) >= 11 is -1.93. The molecule has 2 aromatic rings. The highest BCUT2D eigenvalue weighted by Crippen LogP contribution is 2.41. The standard InChI is InChI=1S/C13H16N4O3S/c18-21(19)16-8-5-9(6-8)17-3-4-20-11-7-15-13-10(12(11)17)1-2-14-13/h1-2,7-9,16H,3-6H2,(H,14,15)(H,18,19). The summed E-state index contributed by atoms with van der Waals surface area (Å²) in [5, 5.41) is 1.06. The van der Waals surface area contributed by atoms with Crippen molar-refractivity contribution >= 4 is 28.0 Å². The average Bonchev–Trinajstić information content (AvgIpc) is 2.90. The molecule has 1 atom stereocenters. The van der Waals surface area contributed by atoms with Gasteiger partial charge in [0.25, 0.3) is 0 Å². The van der Waals surface area contributed by atoms with Gasteiger partial charge in [-0.3, -0.25) is 4.55 Å². The molecule has 4 rings (SSSR count). The predicted octanol–water partition coefficient (Wildman–Crippen LogP) is 1.02. The number of aromatic nitrogens is 2. The topological polar surface area (TPSA) is 90.5 Å².